The third-order valence-corrected chi connectivity index (χ3v) is 2.05. The molecule has 0 heterocycles. The van der Waals surface area contributed by atoms with Crippen molar-refractivity contribution in [3.05, 3.63) is 24.3 Å². The first-order chi connectivity index (χ1) is 6.31. The Morgan fingerprint density at radius 2 is 1.46 bits per heavy atom. The van der Waals surface area contributed by atoms with Crippen molar-refractivity contribution in [2.75, 3.05) is 7.05 Å². The van der Waals surface area contributed by atoms with Crippen molar-refractivity contribution in [3.63, 3.8) is 0 Å². The topological polar surface area (TPSA) is 26.0 Å². The largest absolute Gasteiger partial charge is 0.333 e. The van der Waals surface area contributed by atoms with Gasteiger partial charge in [-0.15, -0.1) is 0 Å². The van der Waals surface area contributed by atoms with Crippen LogP contribution in [0.1, 0.15) is 40.0 Å². The molecule has 0 spiro atoms. The molecule has 2 N–H and O–H groups in total. The van der Waals surface area contributed by atoms with Crippen LogP contribution in [0, 0.1) is 5.92 Å². The van der Waals surface area contributed by atoms with Crippen LogP contribution in [-0.2, 0) is 0 Å². The van der Waals surface area contributed by atoms with E-state index in [1.807, 2.05) is 0 Å². The van der Waals surface area contributed by atoms with Crippen molar-refractivity contribution in [2.45, 2.75) is 40.0 Å². The Morgan fingerprint density at radius 3 is 1.54 bits per heavy atom. The number of rotatable bonds is 2. The van der Waals surface area contributed by atoms with Crippen molar-refractivity contribution < 1.29 is 0 Å². The van der Waals surface area contributed by atoms with E-state index in [4.69, 9.17) is 0 Å². The fourth-order valence-corrected chi connectivity index (χ4v) is 0.682. The fourth-order valence-electron chi connectivity index (χ4n) is 0.682. The van der Waals surface area contributed by atoms with E-state index in [0.29, 0.717) is 0 Å². The van der Waals surface area contributed by atoms with Gasteiger partial charge in [0.2, 0.25) is 0 Å². The molecule has 0 saturated carbocycles. The van der Waals surface area contributed by atoms with E-state index in [9.17, 15) is 0 Å². The number of hydrogen-bond acceptors (Lipinski definition) is 1. The van der Waals surface area contributed by atoms with Crippen LogP contribution in [0.2, 0.25) is 0 Å². The van der Waals surface area contributed by atoms with Crippen LogP contribution in [0.25, 0.3) is 0 Å². The monoisotopic (exact) mass is 183 g/mol. The van der Waals surface area contributed by atoms with Crippen LogP contribution >= 0.6 is 0 Å². The fraction of sp³-hybridized carbons (Fsp3) is 0.667. The van der Waals surface area contributed by atoms with Gasteiger partial charge in [0.05, 0.1) is 0 Å². The van der Waals surface area contributed by atoms with Gasteiger partial charge in [0.25, 0.3) is 0 Å². The van der Waals surface area contributed by atoms with Crippen LogP contribution in [0.4, 0.5) is 0 Å². The zero-order valence-corrected chi connectivity index (χ0v) is 9.59. The molecule has 0 fully saturated rings. The Labute approximate surface area is 83.7 Å². The highest BCUT2D eigenvalue weighted by molar-refractivity contribution is 5.11. The zero-order valence-electron chi connectivity index (χ0n) is 9.59. The minimum Gasteiger partial charge on any atom is -0.333 e. The molecule has 0 amide bonds. The number of hydrogen-bond donors (Lipinski definition) is 1. The molecule has 1 rings (SSSR count). The average Bonchev–Trinajstić information content (AvgIpc) is 2.78. The normalized spacial score (nSPS) is 11.8. The smallest absolute Gasteiger partial charge is 0.0163 e. The Morgan fingerprint density at radius 1 is 1.08 bits per heavy atom. The second kappa shape index (κ2) is 14.0. The molecule has 1 heteroatoms. The second-order valence-corrected chi connectivity index (χ2v) is 3.01. The van der Waals surface area contributed by atoms with E-state index in [0.717, 1.165) is 12.3 Å². The van der Waals surface area contributed by atoms with E-state index in [2.05, 4.69) is 50.8 Å². The lowest BCUT2D eigenvalue weighted by atomic mass is 10.1. The van der Waals surface area contributed by atoms with Gasteiger partial charge < -0.3 is 5.73 Å². The molecular formula is C12H25N. The second-order valence-electron chi connectivity index (χ2n) is 3.01. The Hall–Kier alpha value is -0.560. The summed E-state index contributed by atoms with van der Waals surface area (Å²) in [7, 11) is 1.50. The average molecular weight is 183 g/mol. The molecule has 0 aliphatic heterocycles. The number of nitrogens with two attached hydrogens (primary N) is 1. The van der Waals surface area contributed by atoms with Crippen LogP contribution in [-0.4, -0.2) is 7.05 Å². The summed E-state index contributed by atoms with van der Waals surface area (Å²) in [4.78, 5) is 0. The van der Waals surface area contributed by atoms with Gasteiger partial charge in [-0.2, -0.15) is 0 Å². The van der Waals surface area contributed by atoms with Gasteiger partial charge in [0, 0.05) is 0 Å². The standard InChI is InChI=1S/C6H14.C5H6.CH5N/c1-4-6(3)5-2;1-2-4-5-3-1;1-2/h6H,4-5H2,1-3H3;1-4H,5H2;2H2,1H3. The minimum absolute atomic E-state index is 0.935. The summed E-state index contributed by atoms with van der Waals surface area (Å²) in [6.07, 6.45) is 12.2. The first kappa shape index (κ1) is 14.9. The number of allylic oxidation sites excluding steroid dienone is 4. The van der Waals surface area contributed by atoms with Crippen molar-refractivity contribution in [2.24, 2.45) is 11.7 Å². The Kier molecular flexibility index (Phi) is 16.1. The molecule has 0 aromatic carbocycles. The molecule has 0 radical (unpaired) electrons. The Balaban J connectivity index is 0. The molecule has 1 aliphatic rings. The van der Waals surface area contributed by atoms with Crippen LogP contribution < -0.4 is 5.73 Å². The maximum absolute atomic E-state index is 4.50. The minimum atomic E-state index is 0.935. The third-order valence-electron chi connectivity index (χ3n) is 2.05. The predicted octanol–water partition coefficient (Wildman–Crippen LogP) is 3.52. The lowest BCUT2D eigenvalue weighted by molar-refractivity contribution is 0.544. The van der Waals surface area contributed by atoms with E-state index in [1.54, 1.807) is 0 Å². The molecule has 0 aromatic heterocycles. The van der Waals surface area contributed by atoms with Crippen molar-refractivity contribution in [3.8, 4) is 0 Å². The molecule has 0 aromatic rings. The molecule has 13 heavy (non-hydrogen) atoms. The summed E-state index contributed by atoms with van der Waals surface area (Å²) in [5.41, 5.74) is 4.50. The van der Waals surface area contributed by atoms with Gasteiger partial charge in [-0.05, 0) is 19.4 Å². The highest BCUT2D eigenvalue weighted by Crippen LogP contribution is 2.02. The van der Waals surface area contributed by atoms with Crippen molar-refractivity contribution >= 4 is 0 Å². The van der Waals surface area contributed by atoms with Crippen LogP contribution in [0.15, 0.2) is 24.3 Å². The molecule has 0 bridgehead atoms. The summed E-state index contributed by atoms with van der Waals surface area (Å²) in [6.45, 7) is 6.74. The first-order valence-electron chi connectivity index (χ1n) is 5.20. The SMILES string of the molecule is C1=CCC=C1.CCC(C)CC.CN. The lowest BCUT2D eigenvalue weighted by Gasteiger charge is -1.98. The molecule has 78 valence electrons. The van der Waals surface area contributed by atoms with Crippen molar-refractivity contribution in [1.82, 2.24) is 0 Å². The molecule has 1 aliphatic carbocycles. The molecule has 1 nitrogen and oxygen atoms in total. The summed E-state index contributed by atoms with van der Waals surface area (Å²) in [5, 5.41) is 0. The van der Waals surface area contributed by atoms with Gasteiger partial charge in [0.15, 0.2) is 0 Å². The predicted molar refractivity (Wildman–Crippen MR) is 62.8 cm³/mol. The van der Waals surface area contributed by atoms with Gasteiger partial charge in [-0.25, -0.2) is 0 Å². The Bertz CT molecular complexity index is 111. The highest BCUT2D eigenvalue weighted by atomic mass is 14.4. The van der Waals surface area contributed by atoms with Crippen LogP contribution in [0.3, 0.4) is 0 Å². The summed E-state index contributed by atoms with van der Waals surface area (Å²) < 4.78 is 0. The van der Waals surface area contributed by atoms with E-state index in [-0.39, 0.29) is 0 Å². The summed E-state index contributed by atoms with van der Waals surface area (Å²) in [5.74, 6) is 0.935. The lowest BCUT2D eigenvalue weighted by Crippen LogP contribution is -1.85. The molecular weight excluding hydrogens is 158 g/mol. The van der Waals surface area contributed by atoms with Crippen LogP contribution in [0.5, 0.6) is 0 Å². The van der Waals surface area contributed by atoms with Gasteiger partial charge in [-0.3, -0.25) is 0 Å². The first-order valence-corrected chi connectivity index (χ1v) is 5.20. The van der Waals surface area contributed by atoms with Gasteiger partial charge >= 0.3 is 0 Å². The van der Waals surface area contributed by atoms with Gasteiger partial charge in [-0.1, -0.05) is 57.9 Å². The van der Waals surface area contributed by atoms with Gasteiger partial charge in [0.1, 0.15) is 0 Å². The van der Waals surface area contributed by atoms with E-state index < -0.39 is 0 Å². The quantitative estimate of drug-likeness (QED) is 0.696. The molecule has 0 unspecified atom stereocenters. The van der Waals surface area contributed by atoms with Crippen molar-refractivity contribution in [1.29, 1.82) is 0 Å². The maximum atomic E-state index is 4.50. The third kappa shape index (κ3) is 14.3. The van der Waals surface area contributed by atoms with E-state index >= 15 is 0 Å². The molecule has 0 saturated heterocycles. The van der Waals surface area contributed by atoms with E-state index in [1.165, 1.54) is 19.9 Å². The highest BCUT2D eigenvalue weighted by Gasteiger charge is 1.88. The summed E-state index contributed by atoms with van der Waals surface area (Å²) >= 11 is 0. The summed E-state index contributed by atoms with van der Waals surface area (Å²) in [6, 6.07) is 0. The maximum Gasteiger partial charge on any atom is -0.0163 e. The molecule has 0 atom stereocenters. The zero-order chi connectivity index (χ0) is 10.5.